The van der Waals surface area contributed by atoms with Gasteiger partial charge in [0.1, 0.15) is 0 Å². The Morgan fingerprint density at radius 2 is 0.778 bits per heavy atom. The monoisotopic (exact) mass is 488 g/mol. The van der Waals surface area contributed by atoms with E-state index in [2.05, 4.69) is 10.6 Å². The molecule has 36 heavy (non-hydrogen) atoms. The Balaban J connectivity index is 2.09. The van der Waals surface area contributed by atoms with Gasteiger partial charge in [-0.25, -0.2) is 9.59 Å². The van der Waals surface area contributed by atoms with Gasteiger partial charge in [0.2, 0.25) is 0 Å². The maximum absolute atomic E-state index is 13.1. The van der Waals surface area contributed by atoms with Gasteiger partial charge in [-0.3, -0.25) is 9.59 Å². The van der Waals surface area contributed by atoms with Crippen LogP contribution in [0.5, 0.6) is 0 Å². The second-order valence-electron chi connectivity index (χ2n) is 9.01. The number of hydrogen-bond acceptors (Lipinski definition) is 4. The number of carbonyl (C=O) groups is 4. The quantitative estimate of drug-likeness (QED) is 0.365. The van der Waals surface area contributed by atoms with E-state index in [9.17, 15) is 29.4 Å². The summed E-state index contributed by atoms with van der Waals surface area (Å²) >= 11 is 0. The van der Waals surface area contributed by atoms with Crippen LogP contribution in [-0.4, -0.2) is 34.0 Å². The molecule has 0 atom stereocenters. The zero-order chi connectivity index (χ0) is 26.9. The van der Waals surface area contributed by atoms with Crippen LogP contribution in [0.25, 0.3) is 0 Å². The van der Waals surface area contributed by atoms with Crippen molar-refractivity contribution in [2.24, 2.45) is 0 Å². The molecule has 0 heterocycles. The van der Waals surface area contributed by atoms with Gasteiger partial charge in [0.05, 0.1) is 22.3 Å². The maximum atomic E-state index is 13.1. The molecule has 0 aliphatic rings. The molecule has 0 radical (unpaired) electrons. The third-order valence-electron chi connectivity index (χ3n) is 5.94. The van der Waals surface area contributed by atoms with E-state index in [1.165, 1.54) is 0 Å². The minimum absolute atomic E-state index is 0.362. The Bertz CT molecular complexity index is 1280. The van der Waals surface area contributed by atoms with Crippen LogP contribution in [0.1, 0.15) is 74.8 Å². The number of carboxylic acid groups (broad SMARTS) is 2. The van der Waals surface area contributed by atoms with Crippen molar-refractivity contribution in [1.29, 1.82) is 0 Å². The topological polar surface area (TPSA) is 133 Å². The van der Waals surface area contributed by atoms with Crippen LogP contribution in [0.3, 0.4) is 0 Å². The fourth-order valence-corrected chi connectivity index (χ4v) is 4.45. The van der Waals surface area contributed by atoms with Gasteiger partial charge in [-0.2, -0.15) is 0 Å². The van der Waals surface area contributed by atoms with E-state index in [0.29, 0.717) is 11.4 Å². The lowest BCUT2D eigenvalue weighted by Gasteiger charge is -2.17. The van der Waals surface area contributed by atoms with Crippen molar-refractivity contribution in [2.45, 2.75) is 41.5 Å². The van der Waals surface area contributed by atoms with Gasteiger partial charge in [-0.1, -0.05) is 35.4 Å². The Kier molecular flexibility index (Phi) is 7.29. The average Bonchev–Trinajstić information content (AvgIpc) is 2.77. The first kappa shape index (κ1) is 26.2. The van der Waals surface area contributed by atoms with E-state index in [1.807, 2.05) is 38.1 Å². The Hall–Kier alpha value is -4.46. The molecule has 3 aromatic rings. The standard InChI is InChI=1S/C28H28N2O6/c1-13-7-15(3)23(16(4)8-13)29-25(31)19-11-22(28(35)36)20(12-21(19)27(33)34)26(32)30-24-17(5)9-14(2)10-18(24)6/h7-12H,1-6H3,(H,29,31)(H,30,32)(H,33,34)(H,35,36). The van der Waals surface area contributed by atoms with Gasteiger partial charge < -0.3 is 20.8 Å². The van der Waals surface area contributed by atoms with Crippen molar-refractivity contribution in [1.82, 2.24) is 0 Å². The van der Waals surface area contributed by atoms with E-state index in [1.54, 1.807) is 27.7 Å². The molecule has 0 unspecified atom stereocenters. The minimum atomic E-state index is -1.47. The van der Waals surface area contributed by atoms with Crippen molar-refractivity contribution in [3.8, 4) is 0 Å². The first-order chi connectivity index (χ1) is 16.8. The number of carboxylic acids is 2. The third-order valence-corrected chi connectivity index (χ3v) is 5.94. The summed E-state index contributed by atoms with van der Waals surface area (Å²) in [4.78, 5) is 50.4. The van der Waals surface area contributed by atoms with E-state index in [-0.39, 0.29) is 11.1 Å². The summed E-state index contributed by atoms with van der Waals surface area (Å²) in [5.41, 5.74) is 4.41. The van der Waals surface area contributed by atoms with Crippen LogP contribution >= 0.6 is 0 Å². The molecule has 8 heteroatoms. The summed E-state index contributed by atoms with van der Waals surface area (Å²) in [6.07, 6.45) is 0. The van der Waals surface area contributed by atoms with Crippen LogP contribution in [0, 0.1) is 41.5 Å². The molecule has 0 aromatic heterocycles. The second kappa shape index (κ2) is 10.0. The fourth-order valence-electron chi connectivity index (χ4n) is 4.45. The molecule has 0 aliphatic heterocycles. The molecule has 8 nitrogen and oxygen atoms in total. The van der Waals surface area contributed by atoms with Gasteiger partial charge in [-0.05, 0) is 75.9 Å². The van der Waals surface area contributed by atoms with Crippen molar-refractivity contribution < 1.29 is 29.4 Å². The minimum Gasteiger partial charge on any atom is -0.478 e. The Morgan fingerprint density at radius 3 is 1.03 bits per heavy atom. The van der Waals surface area contributed by atoms with Crippen molar-refractivity contribution in [3.63, 3.8) is 0 Å². The molecule has 0 fully saturated rings. The van der Waals surface area contributed by atoms with Crippen LogP contribution in [-0.2, 0) is 0 Å². The second-order valence-corrected chi connectivity index (χ2v) is 9.01. The third kappa shape index (κ3) is 5.27. The highest BCUT2D eigenvalue weighted by atomic mass is 16.4. The normalized spacial score (nSPS) is 10.6. The summed E-state index contributed by atoms with van der Waals surface area (Å²) in [5.74, 6) is -4.51. The lowest BCUT2D eigenvalue weighted by molar-refractivity contribution is 0.0677. The predicted molar refractivity (Wildman–Crippen MR) is 138 cm³/mol. The molecule has 4 N–H and O–H groups in total. The molecule has 0 spiro atoms. The predicted octanol–water partition coefficient (Wildman–Crippen LogP) is 5.44. The van der Waals surface area contributed by atoms with Crippen LogP contribution in [0.4, 0.5) is 11.4 Å². The molecule has 3 rings (SSSR count). The number of carbonyl (C=O) groups excluding carboxylic acids is 2. The number of hydrogen-bond donors (Lipinski definition) is 4. The number of benzene rings is 3. The highest BCUT2D eigenvalue weighted by Gasteiger charge is 2.26. The lowest BCUT2D eigenvalue weighted by Crippen LogP contribution is -2.23. The van der Waals surface area contributed by atoms with Gasteiger partial charge in [-0.15, -0.1) is 0 Å². The number of anilines is 2. The van der Waals surface area contributed by atoms with Crippen molar-refractivity contribution in [3.05, 3.63) is 92.0 Å². The summed E-state index contributed by atoms with van der Waals surface area (Å²) in [6.45, 7) is 11.0. The number of rotatable bonds is 6. The van der Waals surface area contributed by atoms with Gasteiger partial charge in [0.25, 0.3) is 11.8 Å². The first-order valence-electron chi connectivity index (χ1n) is 11.2. The fraction of sp³-hybridized carbons (Fsp3) is 0.214. The molecule has 3 aromatic carbocycles. The number of amides is 2. The summed E-state index contributed by atoms with van der Waals surface area (Å²) in [5, 5.41) is 25.0. The van der Waals surface area contributed by atoms with E-state index in [0.717, 1.165) is 45.5 Å². The molecular weight excluding hydrogens is 460 g/mol. The zero-order valence-corrected chi connectivity index (χ0v) is 21.0. The Morgan fingerprint density at radius 1 is 0.500 bits per heavy atom. The van der Waals surface area contributed by atoms with E-state index < -0.39 is 34.9 Å². The smallest absolute Gasteiger partial charge is 0.336 e. The largest absolute Gasteiger partial charge is 0.478 e. The summed E-state index contributed by atoms with van der Waals surface area (Å²) < 4.78 is 0. The molecule has 186 valence electrons. The molecular formula is C28H28N2O6. The van der Waals surface area contributed by atoms with Crippen molar-refractivity contribution in [2.75, 3.05) is 10.6 Å². The van der Waals surface area contributed by atoms with Crippen LogP contribution in [0.15, 0.2) is 36.4 Å². The van der Waals surface area contributed by atoms with Crippen molar-refractivity contribution >= 4 is 35.1 Å². The van der Waals surface area contributed by atoms with Crippen LogP contribution < -0.4 is 10.6 Å². The first-order valence-corrected chi connectivity index (χ1v) is 11.2. The summed E-state index contributed by atoms with van der Waals surface area (Å²) in [6, 6.07) is 9.34. The molecule has 2 amide bonds. The van der Waals surface area contributed by atoms with E-state index >= 15 is 0 Å². The average molecular weight is 489 g/mol. The SMILES string of the molecule is Cc1cc(C)c(NC(=O)c2cc(C(=O)O)c(C(=O)Nc3c(C)cc(C)cc3C)cc2C(=O)O)c(C)c1. The molecule has 0 saturated heterocycles. The highest BCUT2D eigenvalue weighted by molar-refractivity contribution is 6.17. The van der Waals surface area contributed by atoms with Crippen LogP contribution in [0.2, 0.25) is 0 Å². The highest BCUT2D eigenvalue weighted by Crippen LogP contribution is 2.27. The molecule has 0 saturated carbocycles. The number of aromatic carboxylic acids is 2. The van der Waals surface area contributed by atoms with Gasteiger partial charge >= 0.3 is 11.9 Å². The zero-order valence-electron chi connectivity index (χ0n) is 21.0. The van der Waals surface area contributed by atoms with Gasteiger partial charge in [0, 0.05) is 11.4 Å². The molecule has 0 aliphatic carbocycles. The Labute approximate surface area is 209 Å². The van der Waals surface area contributed by atoms with E-state index in [4.69, 9.17) is 0 Å². The lowest BCUT2D eigenvalue weighted by atomic mass is 9.96. The number of aryl methyl sites for hydroxylation is 6. The molecule has 0 bridgehead atoms. The van der Waals surface area contributed by atoms with Gasteiger partial charge in [0.15, 0.2) is 0 Å². The maximum Gasteiger partial charge on any atom is 0.336 e. The number of nitrogens with one attached hydrogen (secondary N) is 2. The summed E-state index contributed by atoms with van der Waals surface area (Å²) in [7, 11) is 0.